The third-order valence-electron chi connectivity index (χ3n) is 3.02. The summed E-state index contributed by atoms with van der Waals surface area (Å²) in [5.74, 6) is 0.587. The van der Waals surface area contributed by atoms with Crippen LogP contribution in [0.15, 0.2) is 28.8 Å². The van der Waals surface area contributed by atoms with Crippen molar-refractivity contribution in [3.8, 4) is 5.75 Å². The molecule has 1 heterocycles. The molecule has 0 aliphatic carbocycles. The van der Waals surface area contributed by atoms with Crippen LogP contribution in [0.3, 0.4) is 0 Å². The first-order valence-electron chi connectivity index (χ1n) is 7.09. The molecule has 0 radical (unpaired) electrons. The number of hydrogen-bond acceptors (Lipinski definition) is 6. The third-order valence-corrected chi connectivity index (χ3v) is 3.02. The minimum Gasteiger partial charge on any atom is -0.484 e. The molecule has 2 rings (SSSR count). The van der Waals surface area contributed by atoms with E-state index in [-0.39, 0.29) is 31.5 Å². The molecule has 0 saturated heterocycles. The Morgan fingerprint density at radius 1 is 1.35 bits per heavy atom. The monoisotopic (exact) mass is 323 g/mol. The van der Waals surface area contributed by atoms with E-state index in [4.69, 9.17) is 14.0 Å². The highest BCUT2D eigenvalue weighted by Crippen LogP contribution is 2.11. The van der Waals surface area contributed by atoms with Gasteiger partial charge in [-0.25, -0.2) is 4.39 Å². The Hall–Kier alpha value is -2.48. The van der Waals surface area contributed by atoms with Crippen molar-refractivity contribution in [2.24, 2.45) is 0 Å². The smallest absolute Gasteiger partial charge is 0.260 e. The Morgan fingerprint density at radius 3 is 2.74 bits per heavy atom. The molecule has 7 nitrogen and oxygen atoms in total. The van der Waals surface area contributed by atoms with Gasteiger partial charge in [0.15, 0.2) is 12.4 Å². The molecular formula is C15H18FN3O4. The molecule has 0 bridgehead atoms. The predicted octanol–water partition coefficient (Wildman–Crippen LogP) is 1.78. The van der Waals surface area contributed by atoms with Gasteiger partial charge >= 0.3 is 0 Å². The van der Waals surface area contributed by atoms with E-state index in [0.717, 1.165) is 0 Å². The van der Waals surface area contributed by atoms with E-state index in [1.165, 1.54) is 36.3 Å². The first kappa shape index (κ1) is 16.9. The number of ether oxygens (including phenoxy) is 2. The summed E-state index contributed by atoms with van der Waals surface area (Å²) in [5.41, 5.74) is 0. The fourth-order valence-corrected chi connectivity index (χ4v) is 1.85. The van der Waals surface area contributed by atoms with Gasteiger partial charge in [0.05, 0.1) is 0 Å². The van der Waals surface area contributed by atoms with Gasteiger partial charge in [0.1, 0.15) is 24.7 Å². The largest absolute Gasteiger partial charge is 0.484 e. The molecule has 0 aliphatic heterocycles. The van der Waals surface area contributed by atoms with Gasteiger partial charge in [-0.3, -0.25) is 4.79 Å². The summed E-state index contributed by atoms with van der Waals surface area (Å²) in [6.45, 7) is 2.59. The molecule has 0 fully saturated rings. The zero-order valence-corrected chi connectivity index (χ0v) is 13.0. The molecule has 124 valence electrons. The number of carbonyl (C=O) groups excluding carboxylic acids is 1. The van der Waals surface area contributed by atoms with Crippen molar-refractivity contribution in [1.29, 1.82) is 0 Å². The first-order chi connectivity index (χ1) is 11.1. The summed E-state index contributed by atoms with van der Waals surface area (Å²) in [5, 5.41) is 3.74. The summed E-state index contributed by atoms with van der Waals surface area (Å²) in [6.07, 6.45) is 0. The van der Waals surface area contributed by atoms with Crippen LogP contribution in [0.5, 0.6) is 5.75 Å². The molecule has 23 heavy (non-hydrogen) atoms. The minimum atomic E-state index is -0.359. The van der Waals surface area contributed by atoms with Crippen LogP contribution in [0.4, 0.5) is 4.39 Å². The van der Waals surface area contributed by atoms with Gasteiger partial charge in [0.2, 0.25) is 5.89 Å². The van der Waals surface area contributed by atoms with E-state index in [1.54, 1.807) is 0 Å². The van der Waals surface area contributed by atoms with Gasteiger partial charge in [0, 0.05) is 13.7 Å². The molecule has 1 amide bonds. The van der Waals surface area contributed by atoms with Crippen LogP contribution >= 0.6 is 0 Å². The zero-order valence-electron chi connectivity index (χ0n) is 13.0. The second kappa shape index (κ2) is 8.23. The Bertz CT molecular complexity index is 630. The summed E-state index contributed by atoms with van der Waals surface area (Å²) < 4.78 is 28.1. The van der Waals surface area contributed by atoms with Crippen LogP contribution in [0.2, 0.25) is 0 Å². The van der Waals surface area contributed by atoms with Crippen molar-refractivity contribution in [2.75, 3.05) is 20.3 Å². The van der Waals surface area contributed by atoms with E-state index in [0.29, 0.717) is 24.0 Å². The standard InChI is InChI=1S/C15H18FN3O4/c1-3-19(8-14-17-13(9-21-2)18-23-14)15(20)10-22-12-6-4-11(16)5-7-12/h4-7H,3,8-10H2,1-2H3. The number of aromatic nitrogens is 2. The van der Waals surface area contributed by atoms with E-state index in [1.807, 2.05) is 6.92 Å². The number of halogens is 1. The van der Waals surface area contributed by atoms with Crippen LogP contribution in [0.25, 0.3) is 0 Å². The second-order valence-electron chi connectivity index (χ2n) is 4.69. The van der Waals surface area contributed by atoms with Crippen LogP contribution in [-0.2, 0) is 22.7 Å². The maximum atomic E-state index is 12.8. The number of nitrogens with zero attached hydrogens (tertiary/aromatic N) is 3. The third kappa shape index (κ3) is 5.03. The molecule has 0 spiro atoms. The van der Waals surface area contributed by atoms with Crippen LogP contribution in [0, 0.1) is 5.82 Å². The van der Waals surface area contributed by atoms with Crippen molar-refractivity contribution in [3.05, 3.63) is 41.8 Å². The Kier molecular flexibility index (Phi) is 6.04. The Labute approximate surface area is 133 Å². The number of likely N-dealkylation sites (N-methyl/N-ethyl adjacent to an activating group) is 1. The van der Waals surface area contributed by atoms with Crippen molar-refractivity contribution < 1.29 is 23.2 Å². The van der Waals surface area contributed by atoms with Crippen molar-refractivity contribution >= 4 is 5.91 Å². The number of methoxy groups -OCH3 is 1. The second-order valence-corrected chi connectivity index (χ2v) is 4.69. The topological polar surface area (TPSA) is 77.7 Å². The quantitative estimate of drug-likeness (QED) is 0.737. The van der Waals surface area contributed by atoms with Gasteiger partial charge in [-0.05, 0) is 31.2 Å². The summed E-state index contributed by atoms with van der Waals surface area (Å²) in [4.78, 5) is 17.8. The number of hydrogen-bond donors (Lipinski definition) is 0. The lowest BCUT2D eigenvalue weighted by Crippen LogP contribution is -2.34. The van der Waals surface area contributed by atoms with E-state index >= 15 is 0 Å². The molecule has 0 saturated carbocycles. The minimum absolute atomic E-state index is 0.154. The Morgan fingerprint density at radius 2 is 2.09 bits per heavy atom. The molecule has 0 N–H and O–H groups in total. The average molecular weight is 323 g/mol. The van der Waals surface area contributed by atoms with Crippen LogP contribution in [-0.4, -0.2) is 41.2 Å². The van der Waals surface area contributed by atoms with E-state index in [9.17, 15) is 9.18 Å². The maximum absolute atomic E-state index is 12.8. The van der Waals surface area contributed by atoms with Crippen LogP contribution in [0.1, 0.15) is 18.6 Å². The predicted molar refractivity (Wildman–Crippen MR) is 78.0 cm³/mol. The lowest BCUT2D eigenvalue weighted by molar-refractivity contribution is -0.134. The fourth-order valence-electron chi connectivity index (χ4n) is 1.85. The van der Waals surface area contributed by atoms with Gasteiger partial charge in [-0.15, -0.1) is 0 Å². The maximum Gasteiger partial charge on any atom is 0.260 e. The highest BCUT2D eigenvalue weighted by atomic mass is 19.1. The van der Waals surface area contributed by atoms with E-state index < -0.39 is 0 Å². The van der Waals surface area contributed by atoms with Crippen molar-refractivity contribution in [2.45, 2.75) is 20.1 Å². The van der Waals surface area contributed by atoms with Crippen molar-refractivity contribution in [3.63, 3.8) is 0 Å². The van der Waals surface area contributed by atoms with Gasteiger partial charge in [-0.2, -0.15) is 4.98 Å². The SMILES string of the molecule is CCN(Cc1nc(COC)no1)C(=O)COc1ccc(F)cc1. The zero-order chi connectivity index (χ0) is 16.7. The molecule has 1 aromatic heterocycles. The van der Waals surface area contributed by atoms with Gasteiger partial charge in [-0.1, -0.05) is 5.16 Å². The Balaban J connectivity index is 1.88. The van der Waals surface area contributed by atoms with Gasteiger partial charge in [0.25, 0.3) is 5.91 Å². The lowest BCUT2D eigenvalue weighted by atomic mass is 10.3. The summed E-state index contributed by atoms with van der Waals surface area (Å²) in [6, 6.07) is 5.47. The normalized spacial score (nSPS) is 10.6. The molecule has 2 aromatic rings. The number of carbonyl (C=O) groups is 1. The molecule has 0 aliphatic rings. The number of benzene rings is 1. The molecule has 0 unspecified atom stereocenters. The average Bonchev–Trinajstić information content (AvgIpc) is 2.99. The molecular weight excluding hydrogens is 305 g/mol. The van der Waals surface area contributed by atoms with E-state index in [2.05, 4.69) is 10.1 Å². The van der Waals surface area contributed by atoms with Gasteiger partial charge < -0.3 is 18.9 Å². The number of rotatable bonds is 8. The highest BCUT2D eigenvalue weighted by Gasteiger charge is 2.16. The summed E-state index contributed by atoms with van der Waals surface area (Å²) in [7, 11) is 1.53. The molecule has 0 atom stereocenters. The molecule has 8 heteroatoms. The lowest BCUT2D eigenvalue weighted by Gasteiger charge is -2.18. The fraction of sp³-hybridized carbons (Fsp3) is 0.400. The van der Waals surface area contributed by atoms with Crippen LogP contribution < -0.4 is 4.74 Å². The molecule has 1 aromatic carbocycles. The van der Waals surface area contributed by atoms with Crippen molar-refractivity contribution in [1.82, 2.24) is 15.0 Å². The summed E-state index contributed by atoms with van der Waals surface area (Å²) >= 11 is 0. The highest BCUT2D eigenvalue weighted by molar-refractivity contribution is 5.77. The first-order valence-corrected chi connectivity index (χ1v) is 7.09. The number of amides is 1.